The van der Waals surface area contributed by atoms with Gasteiger partial charge in [-0.1, -0.05) is 0 Å². The molecule has 1 heterocycles. The molecule has 0 aliphatic heterocycles. The van der Waals surface area contributed by atoms with Gasteiger partial charge in [-0.05, 0) is 55.8 Å². The van der Waals surface area contributed by atoms with Crippen LogP contribution in [0.3, 0.4) is 0 Å². The number of carbonyl (C=O) groups excluding carboxylic acids is 3. The quantitative estimate of drug-likeness (QED) is 0.241. The molecule has 0 bridgehead atoms. The van der Waals surface area contributed by atoms with Gasteiger partial charge in [-0.25, -0.2) is 9.59 Å². The summed E-state index contributed by atoms with van der Waals surface area (Å²) in [4.78, 5) is 36.2. The molecule has 9 nitrogen and oxygen atoms in total. The van der Waals surface area contributed by atoms with Crippen molar-refractivity contribution in [3.05, 3.63) is 47.5 Å². The number of esters is 3. The SMILES string of the molecule is CCOC(=O)/C=C/c1cc(OC)c2oc(-c3ccc(OC(C)=O)c(OC)c3)c(C(=O)OCC)c2c1. The Morgan fingerprint density at radius 2 is 1.63 bits per heavy atom. The molecule has 184 valence electrons. The van der Waals surface area contributed by atoms with E-state index in [0.29, 0.717) is 27.8 Å². The second-order valence-electron chi connectivity index (χ2n) is 7.17. The molecule has 35 heavy (non-hydrogen) atoms. The Morgan fingerprint density at radius 1 is 0.914 bits per heavy atom. The summed E-state index contributed by atoms with van der Waals surface area (Å²) in [7, 11) is 2.90. The molecule has 0 saturated heterocycles. The summed E-state index contributed by atoms with van der Waals surface area (Å²) < 4.78 is 32.4. The van der Waals surface area contributed by atoms with Crippen LogP contribution in [-0.4, -0.2) is 45.3 Å². The lowest BCUT2D eigenvalue weighted by atomic mass is 10.0. The molecule has 3 aromatic rings. The van der Waals surface area contributed by atoms with Gasteiger partial charge in [0.25, 0.3) is 0 Å². The lowest BCUT2D eigenvalue weighted by Gasteiger charge is -2.10. The number of carbonyl (C=O) groups is 3. The van der Waals surface area contributed by atoms with Crippen molar-refractivity contribution in [3.8, 4) is 28.6 Å². The Bertz CT molecular complexity index is 1280. The maximum absolute atomic E-state index is 13.0. The van der Waals surface area contributed by atoms with E-state index in [1.165, 1.54) is 27.2 Å². The minimum absolute atomic E-state index is 0.152. The number of rotatable bonds is 9. The summed E-state index contributed by atoms with van der Waals surface area (Å²) in [5, 5.41) is 0.435. The highest BCUT2D eigenvalue weighted by Gasteiger charge is 2.26. The Morgan fingerprint density at radius 3 is 2.26 bits per heavy atom. The normalized spacial score (nSPS) is 10.9. The number of hydrogen-bond donors (Lipinski definition) is 0. The third kappa shape index (κ3) is 5.63. The zero-order chi connectivity index (χ0) is 25.5. The van der Waals surface area contributed by atoms with Crippen LogP contribution in [0.1, 0.15) is 36.7 Å². The van der Waals surface area contributed by atoms with Crippen LogP contribution < -0.4 is 14.2 Å². The van der Waals surface area contributed by atoms with Gasteiger partial charge in [0, 0.05) is 23.9 Å². The highest BCUT2D eigenvalue weighted by molar-refractivity contribution is 6.10. The Balaban J connectivity index is 2.23. The van der Waals surface area contributed by atoms with Gasteiger partial charge in [-0.2, -0.15) is 0 Å². The topological polar surface area (TPSA) is 111 Å². The van der Waals surface area contributed by atoms with Crippen LogP contribution >= 0.6 is 0 Å². The van der Waals surface area contributed by atoms with Crippen LogP contribution in [0.2, 0.25) is 0 Å². The van der Waals surface area contributed by atoms with Crippen molar-refractivity contribution in [2.24, 2.45) is 0 Å². The summed E-state index contributed by atoms with van der Waals surface area (Å²) in [6.07, 6.45) is 2.84. The van der Waals surface area contributed by atoms with E-state index in [4.69, 9.17) is 28.1 Å². The number of methoxy groups -OCH3 is 2. The minimum Gasteiger partial charge on any atom is -0.493 e. The maximum Gasteiger partial charge on any atom is 0.342 e. The molecular formula is C26H26O9. The van der Waals surface area contributed by atoms with Crippen LogP contribution in [0.25, 0.3) is 28.4 Å². The first kappa shape index (κ1) is 25.4. The van der Waals surface area contributed by atoms with Crippen LogP contribution in [0, 0.1) is 0 Å². The minimum atomic E-state index is -0.599. The number of hydrogen-bond acceptors (Lipinski definition) is 9. The van der Waals surface area contributed by atoms with E-state index in [1.807, 2.05) is 0 Å². The fourth-order valence-corrected chi connectivity index (χ4v) is 3.45. The van der Waals surface area contributed by atoms with E-state index < -0.39 is 17.9 Å². The second-order valence-corrected chi connectivity index (χ2v) is 7.17. The van der Waals surface area contributed by atoms with Gasteiger partial charge in [0.1, 0.15) is 11.3 Å². The van der Waals surface area contributed by atoms with Crippen LogP contribution in [0.5, 0.6) is 17.2 Å². The molecule has 0 aliphatic rings. The zero-order valence-corrected chi connectivity index (χ0v) is 20.1. The van der Waals surface area contributed by atoms with E-state index in [1.54, 1.807) is 50.3 Å². The van der Waals surface area contributed by atoms with E-state index in [-0.39, 0.29) is 36.0 Å². The number of fused-ring (bicyclic) bond motifs is 1. The fraction of sp³-hybridized carbons (Fsp3) is 0.269. The number of furan rings is 1. The monoisotopic (exact) mass is 482 g/mol. The maximum atomic E-state index is 13.0. The molecule has 0 aliphatic carbocycles. The predicted molar refractivity (Wildman–Crippen MR) is 128 cm³/mol. The molecule has 0 radical (unpaired) electrons. The van der Waals surface area contributed by atoms with Gasteiger partial charge in [0.05, 0.1) is 27.4 Å². The van der Waals surface area contributed by atoms with Crippen molar-refractivity contribution in [1.29, 1.82) is 0 Å². The van der Waals surface area contributed by atoms with Crippen LogP contribution in [0.15, 0.2) is 40.8 Å². The van der Waals surface area contributed by atoms with Gasteiger partial charge in [-0.3, -0.25) is 4.79 Å². The average molecular weight is 482 g/mol. The van der Waals surface area contributed by atoms with Gasteiger partial charge in [-0.15, -0.1) is 0 Å². The van der Waals surface area contributed by atoms with Gasteiger partial charge >= 0.3 is 17.9 Å². The van der Waals surface area contributed by atoms with Gasteiger partial charge < -0.3 is 28.1 Å². The van der Waals surface area contributed by atoms with Crippen LogP contribution in [0.4, 0.5) is 0 Å². The van der Waals surface area contributed by atoms with E-state index in [0.717, 1.165) is 0 Å². The molecule has 9 heteroatoms. The smallest absolute Gasteiger partial charge is 0.342 e. The average Bonchev–Trinajstić information content (AvgIpc) is 3.22. The van der Waals surface area contributed by atoms with Crippen molar-refractivity contribution in [2.75, 3.05) is 27.4 Å². The lowest BCUT2D eigenvalue weighted by molar-refractivity contribution is -0.137. The third-order valence-electron chi connectivity index (χ3n) is 4.86. The van der Waals surface area contributed by atoms with Crippen molar-refractivity contribution in [1.82, 2.24) is 0 Å². The fourth-order valence-electron chi connectivity index (χ4n) is 3.45. The number of benzene rings is 2. The summed E-state index contributed by atoms with van der Waals surface area (Å²) in [6.45, 7) is 5.10. The van der Waals surface area contributed by atoms with E-state index >= 15 is 0 Å². The summed E-state index contributed by atoms with van der Waals surface area (Å²) in [6, 6.07) is 8.13. The largest absolute Gasteiger partial charge is 0.493 e. The summed E-state index contributed by atoms with van der Waals surface area (Å²) in [5.41, 5.74) is 1.57. The standard InChI is InChI=1S/C26H26O9/c1-6-32-22(28)11-8-16-12-18-23(26(29)33-7-2)24(35-25(18)21(13-16)31-5)17-9-10-19(34-15(3)27)20(14-17)30-4/h8-14H,6-7H2,1-5H3/b11-8+. The molecule has 0 N–H and O–H groups in total. The van der Waals surface area contributed by atoms with E-state index in [9.17, 15) is 14.4 Å². The molecule has 0 spiro atoms. The summed E-state index contributed by atoms with van der Waals surface area (Å²) in [5.74, 6) is -0.523. The van der Waals surface area contributed by atoms with Crippen molar-refractivity contribution in [2.45, 2.75) is 20.8 Å². The molecule has 1 aromatic heterocycles. The first-order chi connectivity index (χ1) is 16.8. The highest BCUT2D eigenvalue weighted by Crippen LogP contribution is 2.41. The molecule has 0 amide bonds. The molecule has 3 rings (SSSR count). The zero-order valence-electron chi connectivity index (χ0n) is 20.1. The first-order valence-corrected chi connectivity index (χ1v) is 10.9. The van der Waals surface area contributed by atoms with Crippen molar-refractivity contribution < 1.29 is 42.5 Å². The molecule has 2 aromatic carbocycles. The predicted octanol–water partition coefficient (Wildman–Crippen LogP) is 4.80. The Hall–Kier alpha value is -4.27. The summed E-state index contributed by atoms with van der Waals surface area (Å²) >= 11 is 0. The van der Waals surface area contributed by atoms with Crippen LogP contribution in [-0.2, 0) is 19.1 Å². The molecule has 0 saturated carbocycles. The molecule has 0 atom stereocenters. The highest BCUT2D eigenvalue weighted by atomic mass is 16.6. The lowest BCUT2D eigenvalue weighted by Crippen LogP contribution is -2.06. The molecular weight excluding hydrogens is 456 g/mol. The number of ether oxygens (including phenoxy) is 5. The molecule has 0 fully saturated rings. The molecule has 0 unspecified atom stereocenters. The third-order valence-corrected chi connectivity index (χ3v) is 4.86. The van der Waals surface area contributed by atoms with Crippen molar-refractivity contribution in [3.63, 3.8) is 0 Å². The van der Waals surface area contributed by atoms with Crippen molar-refractivity contribution >= 4 is 35.0 Å². The van der Waals surface area contributed by atoms with Gasteiger partial charge in [0.15, 0.2) is 22.8 Å². The van der Waals surface area contributed by atoms with E-state index in [2.05, 4.69) is 0 Å². The first-order valence-electron chi connectivity index (χ1n) is 10.9. The second kappa shape index (κ2) is 11.2. The Labute approximate surface area is 202 Å². The Kier molecular flexibility index (Phi) is 8.14. The van der Waals surface area contributed by atoms with Gasteiger partial charge in [0.2, 0.25) is 0 Å².